The van der Waals surface area contributed by atoms with Crippen LogP contribution in [-0.2, 0) is 20.6 Å². The molecule has 1 aromatic heterocycles. The number of hydrogen-bond acceptors (Lipinski definition) is 6. The van der Waals surface area contributed by atoms with Crippen LogP contribution >= 0.6 is 0 Å². The molecule has 2 heterocycles. The fourth-order valence-corrected chi connectivity index (χ4v) is 5.29. The number of piperidine rings is 1. The van der Waals surface area contributed by atoms with Crippen molar-refractivity contribution in [1.82, 2.24) is 24.5 Å². The number of carbonyl (C=O) groups is 1. The highest BCUT2D eigenvalue weighted by Crippen LogP contribution is 2.24. The van der Waals surface area contributed by atoms with Crippen molar-refractivity contribution in [2.24, 2.45) is 5.92 Å². The van der Waals surface area contributed by atoms with Crippen LogP contribution in [0.1, 0.15) is 24.0 Å². The number of carbonyl (C=O) groups excluding carboxylic acids is 1. The average molecular weight is 441 g/mol. The normalized spacial score (nSPS) is 15.6. The highest BCUT2D eigenvalue weighted by molar-refractivity contribution is 7.88. The largest absolute Gasteiger partial charge is 0.326 e. The van der Waals surface area contributed by atoms with Crippen molar-refractivity contribution in [1.29, 1.82) is 0 Å². The van der Waals surface area contributed by atoms with Gasteiger partial charge in [-0.15, -0.1) is 5.10 Å². The first-order valence-corrected chi connectivity index (χ1v) is 11.7. The minimum atomic E-state index is -3.40. The summed E-state index contributed by atoms with van der Waals surface area (Å²) in [5.74, 6) is -0.360. The Labute approximate surface area is 181 Å². The molecule has 0 aliphatic carbocycles. The number of rotatable bonds is 6. The lowest BCUT2D eigenvalue weighted by Gasteiger charge is -2.30. The number of nitrogens with zero attached hydrogens (tertiary/aromatic N) is 5. The lowest BCUT2D eigenvalue weighted by molar-refractivity contribution is -0.120. The average Bonchev–Trinajstić information content (AvgIpc) is 3.30. The van der Waals surface area contributed by atoms with E-state index in [9.17, 15) is 13.2 Å². The Morgan fingerprint density at radius 2 is 1.87 bits per heavy atom. The molecule has 10 heteroatoms. The van der Waals surface area contributed by atoms with E-state index in [2.05, 4.69) is 20.8 Å². The van der Waals surface area contributed by atoms with Gasteiger partial charge in [0.15, 0.2) is 0 Å². The molecule has 1 fully saturated rings. The van der Waals surface area contributed by atoms with E-state index in [1.165, 1.54) is 10.6 Å². The van der Waals surface area contributed by atoms with E-state index >= 15 is 0 Å². The molecule has 3 aromatic rings. The Hall–Kier alpha value is -3.11. The van der Waals surface area contributed by atoms with Crippen LogP contribution in [0, 0.1) is 12.8 Å². The van der Waals surface area contributed by atoms with Crippen LogP contribution in [-0.4, -0.2) is 51.9 Å². The summed E-state index contributed by atoms with van der Waals surface area (Å²) in [6.07, 6.45) is 2.48. The summed E-state index contributed by atoms with van der Waals surface area (Å²) >= 11 is 0. The second-order valence-corrected chi connectivity index (χ2v) is 9.63. The lowest BCUT2D eigenvalue weighted by atomic mass is 9.97. The van der Waals surface area contributed by atoms with Gasteiger partial charge in [-0.2, -0.15) is 0 Å². The van der Waals surface area contributed by atoms with Crippen LogP contribution in [0.3, 0.4) is 0 Å². The highest BCUT2D eigenvalue weighted by Gasteiger charge is 2.31. The molecule has 0 unspecified atom stereocenters. The molecule has 0 spiro atoms. The van der Waals surface area contributed by atoms with E-state index in [1.807, 2.05) is 55.5 Å². The first-order valence-electron chi connectivity index (χ1n) is 10.1. The number of amides is 1. The number of hydrogen-bond donors (Lipinski definition) is 1. The van der Waals surface area contributed by atoms with Gasteiger partial charge in [0.25, 0.3) is 0 Å². The molecule has 1 N–H and O–H groups in total. The first kappa shape index (κ1) is 21.1. The maximum atomic E-state index is 12.8. The maximum absolute atomic E-state index is 12.8. The van der Waals surface area contributed by atoms with Gasteiger partial charge in [-0.05, 0) is 53.5 Å². The summed E-state index contributed by atoms with van der Waals surface area (Å²) in [6.45, 7) is 2.63. The van der Waals surface area contributed by atoms with Gasteiger partial charge in [0.2, 0.25) is 15.9 Å². The van der Waals surface area contributed by atoms with E-state index in [4.69, 9.17) is 0 Å². The van der Waals surface area contributed by atoms with E-state index in [-0.39, 0.29) is 17.6 Å². The zero-order valence-electron chi connectivity index (χ0n) is 17.2. The maximum Gasteiger partial charge on any atom is 0.227 e. The summed E-state index contributed by atoms with van der Waals surface area (Å²) in [5.41, 5.74) is 3.17. The molecule has 2 aromatic carbocycles. The molecule has 0 bridgehead atoms. The fraction of sp³-hybridized carbons (Fsp3) is 0.333. The predicted octanol–water partition coefficient (Wildman–Crippen LogP) is 2.15. The lowest BCUT2D eigenvalue weighted by Crippen LogP contribution is -2.41. The molecule has 9 nitrogen and oxygen atoms in total. The second-order valence-electron chi connectivity index (χ2n) is 7.66. The van der Waals surface area contributed by atoms with Crippen LogP contribution in [0.25, 0.3) is 5.69 Å². The molecule has 1 saturated heterocycles. The van der Waals surface area contributed by atoms with Crippen LogP contribution in [0.4, 0.5) is 5.69 Å². The molecule has 1 aliphatic heterocycles. The van der Waals surface area contributed by atoms with Crippen LogP contribution in [0.5, 0.6) is 0 Å². The van der Waals surface area contributed by atoms with Crippen molar-refractivity contribution in [3.8, 4) is 5.69 Å². The van der Waals surface area contributed by atoms with Gasteiger partial charge in [-0.1, -0.05) is 36.4 Å². The summed E-state index contributed by atoms with van der Waals surface area (Å²) < 4.78 is 28.5. The van der Waals surface area contributed by atoms with Gasteiger partial charge in [0, 0.05) is 24.7 Å². The summed E-state index contributed by atoms with van der Waals surface area (Å²) in [4.78, 5) is 12.8. The van der Waals surface area contributed by atoms with Crippen LogP contribution < -0.4 is 5.32 Å². The summed E-state index contributed by atoms with van der Waals surface area (Å²) in [6, 6.07) is 14.7. The van der Waals surface area contributed by atoms with Crippen molar-refractivity contribution in [2.75, 3.05) is 18.4 Å². The Bertz CT molecular complexity index is 1140. The minimum absolute atomic E-state index is 0.0199. The molecule has 0 radical (unpaired) electrons. The molecule has 4 rings (SSSR count). The number of tetrazole rings is 1. The number of anilines is 1. The van der Waals surface area contributed by atoms with E-state index < -0.39 is 10.0 Å². The SMILES string of the molecule is Cc1ccc(NC(=O)C2CCN(S(=O)(=O)Cc3ccccc3)CC2)cc1-n1cnnn1. The van der Waals surface area contributed by atoms with E-state index in [0.29, 0.717) is 31.6 Å². The fourth-order valence-electron chi connectivity index (χ4n) is 3.72. The Balaban J connectivity index is 1.36. The Morgan fingerprint density at radius 3 is 2.55 bits per heavy atom. The molecular weight excluding hydrogens is 416 g/mol. The minimum Gasteiger partial charge on any atom is -0.326 e. The number of nitrogens with one attached hydrogen (secondary N) is 1. The molecule has 31 heavy (non-hydrogen) atoms. The molecule has 1 amide bonds. The molecular formula is C21H24N6O3S. The quantitative estimate of drug-likeness (QED) is 0.629. The third kappa shape index (κ3) is 4.97. The second kappa shape index (κ2) is 8.94. The predicted molar refractivity (Wildman–Crippen MR) is 116 cm³/mol. The Morgan fingerprint density at radius 1 is 1.13 bits per heavy atom. The standard InChI is InChI=1S/C21H24N6O3S/c1-16-7-8-19(13-20(16)27-15-22-24-25-27)23-21(28)18-9-11-26(12-10-18)31(29,30)14-17-5-3-2-4-6-17/h2-8,13,15,18H,9-12,14H2,1H3,(H,23,28). The molecule has 0 atom stereocenters. The third-order valence-electron chi connectivity index (χ3n) is 5.48. The smallest absolute Gasteiger partial charge is 0.227 e. The molecule has 1 aliphatic rings. The van der Waals surface area contributed by atoms with Crippen LogP contribution in [0.15, 0.2) is 54.9 Å². The van der Waals surface area contributed by atoms with Crippen molar-refractivity contribution < 1.29 is 13.2 Å². The van der Waals surface area contributed by atoms with E-state index in [0.717, 1.165) is 16.8 Å². The Kier molecular flexibility index (Phi) is 6.10. The van der Waals surface area contributed by atoms with Gasteiger partial charge in [0.1, 0.15) is 6.33 Å². The van der Waals surface area contributed by atoms with Gasteiger partial charge < -0.3 is 5.32 Å². The third-order valence-corrected chi connectivity index (χ3v) is 7.33. The summed E-state index contributed by atoms with van der Waals surface area (Å²) in [7, 11) is -3.40. The van der Waals surface area contributed by atoms with Gasteiger partial charge in [0.05, 0.1) is 11.4 Å². The molecule has 0 saturated carbocycles. The first-order chi connectivity index (χ1) is 14.9. The highest BCUT2D eigenvalue weighted by atomic mass is 32.2. The zero-order valence-corrected chi connectivity index (χ0v) is 18.0. The van der Waals surface area contributed by atoms with Gasteiger partial charge in [-0.3, -0.25) is 4.79 Å². The van der Waals surface area contributed by atoms with Crippen molar-refractivity contribution in [3.63, 3.8) is 0 Å². The van der Waals surface area contributed by atoms with E-state index in [1.54, 1.807) is 4.68 Å². The number of benzene rings is 2. The van der Waals surface area contributed by atoms with Gasteiger partial charge >= 0.3 is 0 Å². The molecule has 162 valence electrons. The number of sulfonamides is 1. The number of aryl methyl sites for hydroxylation is 1. The topological polar surface area (TPSA) is 110 Å². The zero-order chi connectivity index (χ0) is 21.8. The van der Waals surface area contributed by atoms with Crippen molar-refractivity contribution in [2.45, 2.75) is 25.5 Å². The van der Waals surface area contributed by atoms with Crippen molar-refractivity contribution in [3.05, 3.63) is 66.0 Å². The number of aromatic nitrogens is 4. The van der Waals surface area contributed by atoms with Crippen molar-refractivity contribution >= 4 is 21.6 Å². The summed E-state index contributed by atoms with van der Waals surface area (Å²) in [5, 5.41) is 14.1. The monoisotopic (exact) mass is 440 g/mol. The van der Waals surface area contributed by atoms with Gasteiger partial charge in [-0.25, -0.2) is 17.4 Å². The van der Waals surface area contributed by atoms with Crippen LogP contribution in [0.2, 0.25) is 0 Å².